The van der Waals surface area contributed by atoms with Crippen molar-refractivity contribution in [1.29, 1.82) is 0 Å². The van der Waals surface area contributed by atoms with Crippen molar-refractivity contribution in [2.75, 3.05) is 20.1 Å². The van der Waals surface area contributed by atoms with E-state index in [9.17, 15) is 0 Å². The fourth-order valence-electron chi connectivity index (χ4n) is 1.38. The van der Waals surface area contributed by atoms with E-state index >= 15 is 0 Å². The number of hydrogen-bond acceptors (Lipinski definition) is 1. The van der Waals surface area contributed by atoms with Gasteiger partial charge in [-0.15, -0.1) is 0 Å². The predicted molar refractivity (Wildman–Crippen MR) is 35.9 cm³/mol. The van der Waals surface area contributed by atoms with Crippen molar-refractivity contribution in [2.24, 2.45) is 5.41 Å². The van der Waals surface area contributed by atoms with E-state index in [4.69, 9.17) is 0 Å². The zero-order valence-electron chi connectivity index (χ0n) is 6.07. The summed E-state index contributed by atoms with van der Waals surface area (Å²) in [6, 6.07) is 0. The maximum atomic E-state index is 2.39. The molecule has 0 aromatic rings. The van der Waals surface area contributed by atoms with Crippen LogP contribution in [0.1, 0.15) is 20.3 Å². The third-order valence-corrected chi connectivity index (χ3v) is 1.87. The van der Waals surface area contributed by atoms with Crippen molar-refractivity contribution in [3.8, 4) is 0 Å². The van der Waals surface area contributed by atoms with E-state index < -0.39 is 0 Å². The van der Waals surface area contributed by atoms with Crippen LogP contribution in [0.15, 0.2) is 0 Å². The molecule has 0 bridgehead atoms. The Morgan fingerprint density at radius 2 is 2.00 bits per heavy atom. The lowest BCUT2D eigenvalue weighted by molar-refractivity contribution is 0.337. The number of nitrogens with zero attached hydrogens (tertiary/aromatic N) is 1. The first-order valence-corrected chi connectivity index (χ1v) is 3.29. The molecule has 0 radical (unpaired) electrons. The van der Waals surface area contributed by atoms with Crippen molar-refractivity contribution in [3.63, 3.8) is 0 Å². The van der Waals surface area contributed by atoms with E-state index in [0.717, 1.165) is 0 Å². The van der Waals surface area contributed by atoms with Gasteiger partial charge in [-0.05, 0) is 25.4 Å². The summed E-state index contributed by atoms with van der Waals surface area (Å²) in [5.74, 6) is 0. The van der Waals surface area contributed by atoms with Crippen LogP contribution in [0, 0.1) is 5.41 Å². The zero-order chi connectivity index (χ0) is 6.20. The van der Waals surface area contributed by atoms with E-state index in [1.165, 1.54) is 19.5 Å². The molecule has 1 aliphatic heterocycles. The smallest absolute Gasteiger partial charge is 0.00301 e. The Bertz CT molecular complexity index is 86.4. The minimum atomic E-state index is 0.592. The van der Waals surface area contributed by atoms with Crippen LogP contribution >= 0.6 is 0 Å². The van der Waals surface area contributed by atoms with Crippen LogP contribution in [-0.4, -0.2) is 25.0 Å². The van der Waals surface area contributed by atoms with Crippen LogP contribution in [0.2, 0.25) is 0 Å². The molecule has 1 heterocycles. The van der Waals surface area contributed by atoms with Crippen molar-refractivity contribution in [2.45, 2.75) is 20.3 Å². The van der Waals surface area contributed by atoms with Gasteiger partial charge in [-0.25, -0.2) is 0 Å². The first-order valence-electron chi connectivity index (χ1n) is 3.29. The second-order valence-corrected chi connectivity index (χ2v) is 3.65. The largest absolute Gasteiger partial charge is 0.306 e. The Labute approximate surface area is 51.7 Å². The minimum Gasteiger partial charge on any atom is -0.306 e. The summed E-state index contributed by atoms with van der Waals surface area (Å²) < 4.78 is 0. The lowest BCUT2D eigenvalue weighted by Gasteiger charge is -2.15. The van der Waals surface area contributed by atoms with Gasteiger partial charge in [-0.2, -0.15) is 0 Å². The Balaban J connectivity index is 2.44. The van der Waals surface area contributed by atoms with Gasteiger partial charge in [0.15, 0.2) is 0 Å². The molecule has 0 amide bonds. The third-order valence-electron chi connectivity index (χ3n) is 1.87. The van der Waals surface area contributed by atoms with Crippen LogP contribution in [-0.2, 0) is 0 Å². The molecule has 0 aliphatic carbocycles. The van der Waals surface area contributed by atoms with Crippen molar-refractivity contribution < 1.29 is 0 Å². The standard InChI is InChI=1S/C7H15N/c1-7(2)4-5-8(3)6-7/h4-6H2,1-3H3. The van der Waals surface area contributed by atoms with Gasteiger partial charge in [0.05, 0.1) is 0 Å². The zero-order valence-corrected chi connectivity index (χ0v) is 6.07. The van der Waals surface area contributed by atoms with Crippen molar-refractivity contribution in [3.05, 3.63) is 0 Å². The highest BCUT2D eigenvalue weighted by atomic mass is 15.1. The van der Waals surface area contributed by atoms with E-state index in [-0.39, 0.29) is 0 Å². The summed E-state index contributed by atoms with van der Waals surface area (Å²) in [5.41, 5.74) is 0.592. The Morgan fingerprint density at radius 1 is 1.38 bits per heavy atom. The summed E-state index contributed by atoms with van der Waals surface area (Å²) in [4.78, 5) is 2.39. The summed E-state index contributed by atoms with van der Waals surface area (Å²) >= 11 is 0. The fraction of sp³-hybridized carbons (Fsp3) is 1.00. The molecule has 1 fully saturated rings. The second-order valence-electron chi connectivity index (χ2n) is 3.65. The highest BCUT2D eigenvalue weighted by molar-refractivity contribution is 4.79. The average molecular weight is 113 g/mol. The summed E-state index contributed by atoms with van der Waals surface area (Å²) in [7, 11) is 2.19. The SMILES string of the molecule is CN1CCC(C)(C)C1. The van der Waals surface area contributed by atoms with Gasteiger partial charge < -0.3 is 4.90 Å². The molecule has 1 heteroatoms. The molecule has 1 nitrogen and oxygen atoms in total. The van der Waals surface area contributed by atoms with Gasteiger partial charge in [-0.1, -0.05) is 13.8 Å². The molecule has 48 valence electrons. The topological polar surface area (TPSA) is 3.24 Å². The quantitative estimate of drug-likeness (QED) is 0.458. The Kier molecular flexibility index (Phi) is 1.31. The molecule has 0 aromatic carbocycles. The van der Waals surface area contributed by atoms with Crippen molar-refractivity contribution in [1.82, 2.24) is 4.90 Å². The van der Waals surface area contributed by atoms with Crippen LogP contribution in [0.5, 0.6) is 0 Å². The number of hydrogen-bond donors (Lipinski definition) is 0. The van der Waals surface area contributed by atoms with E-state index in [1.807, 2.05) is 0 Å². The van der Waals surface area contributed by atoms with E-state index in [0.29, 0.717) is 5.41 Å². The lowest BCUT2D eigenvalue weighted by Crippen LogP contribution is -2.18. The van der Waals surface area contributed by atoms with Crippen LogP contribution in [0.4, 0.5) is 0 Å². The summed E-state index contributed by atoms with van der Waals surface area (Å²) in [6.07, 6.45) is 1.36. The molecular weight excluding hydrogens is 98.1 g/mol. The molecular formula is C7H15N. The predicted octanol–water partition coefficient (Wildman–Crippen LogP) is 1.35. The lowest BCUT2D eigenvalue weighted by atomic mass is 9.93. The molecule has 0 unspecified atom stereocenters. The normalized spacial score (nSPS) is 28.9. The van der Waals surface area contributed by atoms with E-state index in [2.05, 4.69) is 25.8 Å². The molecule has 1 saturated heterocycles. The van der Waals surface area contributed by atoms with Gasteiger partial charge in [0.1, 0.15) is 0 Å². The first kappa shape index (κ1) is 6.09. The molecule has 0 spiro atoms. The Hall–Kier alpha value is -0.0400. The third kappa shape index (κ3) is 1.22. The summed E-state index contributed by atoms with van der Waals surface area (Å²) in [6.45, 7) is 7.22. The fourth-order valence-corrected chi connectivity index (χ4v) is 1.38. The maximum Gasteiger partial charge on any atom is 0.00301 e. The second kappa shape index (κ2) is 1.73. The van der Waals surface area contributed by atoms with Gasteiger partial charge in [0.2, 0.25) is 0 Å². The van der Waals surface area contributed by atoms with Crippen LogP contribution in [0.25, 0.3) is 0 Å². The van der Waals surface area contributed by atoms with Gasteiger partial charge in [-0.3, -0.25) is 0 Å². The average Bonchev–Trinajstić information content (AvgIpc) is 1.82. The minimum absolute atomic E-state index is 0.592. The van der Waals surface area contributed by atoms with Gasteiger partial charge in [0.25, 0.3) is 0 Å². The highest BCUT2D eigenvalue weighted by Crippen LogP contribution is 2.26. The van der Waals surface area contributed by atoms with E-state index in [1.54, 1.807) is 0 Å². The molecule has 0 saturated carbocycles. The van der Waals surface area contributed by atoms with Crippen molar-refractivity contribution >= 4 is 0 Å². The van der Waals surface area contributed by atoms with Gasteiger partial charge >= 0.3 is 0 Å². The number of rotatable bonds is 0. The molecule has 0 aromatic heterocycles. The molecule has 1 rings (SSSR count). The molecule has 8 heavy (non-hydrogen) atoms. The molecule has 1 aliphatic rings. The number of likely N-dealkylation sites (tertiary alicyclic amines) is 1. The highest BCUT2D eigenvalue weighted by Gasteiger charge is 2.26. The molecule has 0 N–H and O–H groups in total. The van der Waals surface area contributed by atoms with Crippen LogP contribution < -0.4 is 0 Å². The first-order chi connectivity index (χ1) is 3.60. The Morgan fingerprint density at radius 3 is 2.12 bits per heavy atom. The monoisotopic (exact) mass is 113 g/mol. The molecule has 0 atom stereocenters. The van der Waals surface area contributed by atoms with Gasteiger partial charge in [0, 0.05) is 6.54 Å². The maximum absolute atomic E-state index is 2.39. The van der Waals surface area contributed by atoms with Crippen LogP contribution in [0.3, 0.4) is 0 Å². The summed E-state index contributed by atoms with van der Waals surface area (Å²) in [5, 5.41) is 0.